The molecule has 0 aromatic heterocycles. The molecule has 0 fully saturated rings. The number of aryl methyl sites for hydroxylation is 1. The fraction of sp³-hybridized carbons (Fsp3) is 0.455. The number of nitrogen functional groups attached to an aromatic ring is 1. The summed E-state index contributed by atoms with van der Waals surface area (Å²) in [5, 5.41) is 0. The lowest BCUT2D eigenvalue weighted by Crippen LogP contribution is -2.28. The first-order chi connectivity index (χ1) is 7.32. The highest BCUT2D eigenvalue weighted by molar-refractivity contribution is 7.89. The predicted octanol–water partition coefficient (Wildman–Crippen LogP) is 1.53. The van der Waals surface area contributed by atoms with Crippen LogP contribution < -0.4 is 5.73 Å². The Morgan fingerprint density at radius 1 is 1.31 bits per heavy atom. The third-order valence-electron chi connectivity index (χ3n) is 2.76. The van der Waals surface area contributed by atoms with E-state index < -0.39 is 10.0 Å². The van der Waals surface area contributed by atoms with Gasteiger partial charge in [0.1, 0.15) is 0 Å². The topological polar surface area (TPSA) is 63.4 Å². The molecule has 1 aromatic rings. The van der Waals surface area contributed by atoms with Gasteiger partial charge in [-0.2, -0.15) is 0 Å². The maximum atomic E-state index is 12.2. The van der Waals surface area contributed by atoms with Crippen molar-refractivity contribution in [3.05, 3.63) is 23.3 Å². The van der Waals surface area contributed by atoms with Crippen molar-refractivity contribution in [1.82, 2.24) is 4.31 Å². The first-order valence-electron chi connectivity index (χ1n) is 5.14. The SMILES string of the molecule is CCN(C)S(=O)(=O)c1c(C)ccc(N)c1C. The highest BCUT2D eigenvalue weighted by Gasteiger charge is 2.24. The summed E-state index contributed by atoms with van der Waals surface area (Å²) in [6.07, 6.45) is 0. The van der Waals surface area contributed by atoms with Crippen molar-refractivity contribution in [3.8, 4) is 0 Å². The highest BCUT2D eigenvalue weighted by Crippen LogP contribution is 2.26. The normalized spacial score (nSPS) is 12.1. The Labute approximate surface area is 97.1 Å². The fourth-order valence-corrected chi connectivity index (χ4v) is 3.20. The average Bonchev–Trinajstić information content (AvgIpc) is 2.22. The maximum absolute atomic E-state index is 12.2. The number of nitrogens with zero attached hydrogens (tertiary/aromatic N) is 1. The summed E-state index contributed by atoms with van der Waals surface area (Å²) < 4.78 is 25.8. The van der Waals surface area contributed by atoms with Crippen LogP contribution in [0.2, 0.25) is 0 Å². The minimum absolute atomic E-state index is 0.330. The third-order valence-corrected chi connectivity index (χ3v) is 4.98. The van der Waals surface area contributed by atoms with E-state index in [1.165, 1.54) is 4.31 Å². The molecule has 0 atom stereocenters. The number of nitrogens with two attached hydrogens (primary N) is 1. The zero-order valence-electron chi connectivity index (χ0n) is 10.1. The molecule has 90 valence electrons. The van der Waals surface area contributed by atoms with Crippen molar-refractivity contribution in [2.75, 3.05) is 19.3 Å². The van der Waals surface area contributed by atoms with Crippen LogP contribution in [0.15, 0.2) is 17.0 Å². The molecule has 16 heavy (non-hydrogen) atoms. The molecule has 4 nitrogen and oxygen atoms in total. The zero-order chi connectivity index (χ0) is 12.5. The molecule has 0 saturated heterocycles. The lowest BCUT2D eigenvalue weighted by molar-refractivity contribution is 0.485. The summed E-state index contributed by atoms with van der Waals surface area (Å²) in [7, 11) is -1.85. The first-order valence-corrected chi connectivity index (χ1v) is 6.58. The van der Waals surface area contributed by atoms with Crippen molar-refractivity contribution in [2.24, 2.45) is 0 Å². The largest absolute Gasteiger partial charge is 0.398 e. The van der Waals surface area contributed by atoms with Gasteiger partial charge in [-0.1, -0.05) is 13.0 Å². The number of hydrogen-bond donors (Lipinski definition) is 1. The van der Waals surface area contributed by atoms with Crippen molar-refractivity contribution in [1.29, 1.82) is 0 Å². The van der Waals surface area contributed by atoms with Gasteiger partial charge >= 0.3 is 0 Å². The van der Waals surface area contributed by atoms with E-state index in [9.17, 15) is 8.42 Å². The second-order valence-corrected chi connectivity index (χ2v) is 5.83. The van der Waals surface area contributed by atoms with Crippen LogP contribution in [0.25, 0.3) is 0 Å². The molecule has 1 aromatic carbocycles. The summed E-state index contributed by atoms with van der Waals surface area (Å²) in [6, 6.07) is 3.47. The Morgan fingerprint density at radius 2 is 1.88 bits per heavy atom. The lowest BCUT2D eigenvalue weighted by atomic mass is 10.1. The van der Waals surface area contributed by atoms with Gasteiger partial charge in [0.05, 0.1) is 4.90 Å². The molecule has 0 bridgehead atoms. The quantitative estimate of drug-likeness (QED) is 0.817. The molecule has 0 saturated carbocycles. The van der Waals surface area contributed by atoms with E-state index in [0.717, 1.165) is 5.56 Å². The van der Waals surface area contributed by atoms with Crippen LogP contribution in [0.1, 0.15) is 18.1 Å². The highest BCUT2D eigenvalue weighted by atomic mass is 32.2. The van der Waals surface area contributed by atoms with Crippen LogP contribution in [0.4, 0.5) is 5.69 Å². The van der Waals surface area contributed by atoms with E-state index in [4.69, 9.17) is 5.73 Å². The van der Waals surface area contributed by atoms with Gasteiger partial charge in [-0.25, -0.2) is 12.7 Å². The second kappa shape index (κ2) is 4.43. The van der Waals surface area contributed by atoms with Crippen molar-refractivity contribution in [3.63, 3.8) is 0 Å². The standard InChI is InChI=1S/C11H18N2O2S/c1-5-13(4)16(14,15)11-8(2)6-7-10(12)9(11)3/h6-7H,5,12H2,1-4H3. The van der Waals surface area contributed by atoms with Gasteiger partial charge in [0, 0.05) is 19.3 Å². The number of rotatable bonds is 3. The minimum Gasteiger partial charge on any atom is -0.398 e. The van der Waals surface area contributed by atoms with E-state index in [-0.39, 0.29) is 0 Å². The average molecular weight is 242 g/mol. The number of anilines is 1. The van der Waals surface area contributed by atoms with Crippen LogP contribution in [-0.4, -0.2) is 26.3 Å². The molecular weight excluding hydrogens is 224 g/mol. The van der Waals surface area contributed by atoms with Gasteiger partial charge < -0.3 is 5.73 Å². The van der Waals surface area contributed by atoms with Crippen LogP contribution in [-0.2, 0) is 10.0 Å². The molecule has 0 unspecified atom stereocenters. The molecule has 0 aliphatic heterocycles. The number of benzene rings is 1. The van der Waals surface area contributed by atoms with E-state index >= 15 is 0 Å². The molecule has 2 N–H and O–H groups in total. The van der Waals surface area contributed by atoms with Crippen LogP contribution in [0, 0.1) is 13.8 Å². The Balaban J connectivity index is 3.50. The number of sulfonamides is 1. The van der Waals surface area contributed by atoms with E-state index in [1.54, 1.807) is 40.0 Å². The Morgan fingerprint density at radius 3 is 2.38 bits per heavy atom. The van der Waals surface area contributed by atoms with E-state index in [2.05, 4.69) is 0 Å². The summed E-state index contributed by atoms with van der Waals surface area (Å²) in [4.78, 5) is 0.330. The predicted molar refractivity (Wildman–Crippen MR) is 65.8 cm³/mol. The molecule has 0 radical (unpaired) electrons. The summed E-state index contributed by atoms with van der Waals surface area (Å²) in [5.41, 5.74) is 7.61. The van der Waals surface area contributed by atoms with E-state index in [0.29, 0.717) is 22.7 Å². The van der Waals surface area contributed by atoms with Crippen molar-refractivity contribution < 1.29 is 8.42 Å². The second-order valence-electron chi connectivity index (χ2n) is 3.85. The third kappa shape index (κ3) is 2.05. The van der Waals surface area contributed by atoms with Crippen molar-refractivity contribution >= 4 is 15.7 Å². The number of hydrogen-bond acceptors (Lipinski definition) is 3. The molecule has 1 rings (SSSR count). The van der Waals surface area contributed by atoms with Crippen LogP contribution >= 0.6 is 0 Å². The van der Waals surface area contributed by atoms with Gasteiger partial charge in [-0.15, -0.1) is 0 Å². The molecule has 5 heteroatoms. The molecule has 0 spiro atoms. The Kier molecular flexibility index (Phi) is 3.60. The summed E-state index contributed by atoms with van der Waals surface area (Å²) in [6.45, 7) is 5.76. The monoisotopic (exact) mass is 242 g/mol. The molecule has 0 aliphatic carbocycles. The van der Waals surface area contributed by atoms with Gasteiger partial charge in [0.15, 0.2) is 0 Å². The smallest absolute Gasteiger partial charge is 0.243 e. The van der Waals surface area contributed by atoms with Gasteiger partial charge in [-0.3, -0.25) is 0 Å². The first kappa shape index (κ1) is 13.0. The van der Waals surface area contributed by atoms with E-state index in [1.807, 2.05) is 0 Å². The molecule has 0 amide bonds. The van der Waals surface area contributed by atoms with Crippen molar-refractivity contribution in [2.45, 2.75) is 25.7 Å². The minimum atomic E-state index is -3.42. The molecule has 0 aliphatic rings. The summed E-state index contributed by atoms with van der Waals surface area (Å²) >= 11 is 0. The van der Waals surface area contributed by atoms with Gasteiger partial charge in [0.2, 0.25) is 10.0 Å². The Hall–Kier alpha value is -1.07. The van der Waals surface area contributed by atoms with Gasteiger partial charge in [0.25, 0.3) is 0 Å². The lowest BCUT2D eigenvalue weighted by Gasteiger charge is -2.19. The van der Waals surface area contributed by atoms with Crippen LogP contribution in [0.5, 0.6) is 0 Å². The zero-order valence-corrected chi connectivity index (χ0v) is 10.9. The maximum Gasteiger partial charge on any atom is 0.243 e. The Bertz CT molecular complexity index is 495. The van der Waals surface area contributed by atoms with Gasteiger partial charge in [-0.05, 0) is 31.0 Å². The van der Waals surface area contributed by atoms with Crippen LogP contribution in [0.3, 0.4) is 0 Å². The molecule has 0 heterocycles. The fourth-order valence-electron chi connectivity index (χ4n) is 1.57. The summed E-state index contributed by atoms with van der Waals surface area (Å²) in [5.74, 6) is 0. The molecular formula is C11H18N2O2S.